The lowest BCUT2D eigenvalue weighted by Crippen LogP contribution is -2.27. The predicted molar refractivity (Wildman–Crippen MR) is 142 cm³/mol. The molecule has 4 rings (SSSR count). The fourth-order valence-corrected chi connectivity index (χ4v) is 5.29. The average molecular weight is 624 g/mol. The van der Waals surface area contributed by atoms with Gasteiger partial charge in [-0.05, 0) is 86.9 Å². The fourth-order valence-electron chi connectivity index (χ4n) is 3.30. The molecular weight excluding hydrogens is 606 g/mol. The lowest BCUT2D eigenvalue weighted by atomic mass is 10.1. The van der Waals surface area contributed by atoms with E-state index >= 15 is 0 Å². The van der Waals surface area contributed by atoms with Crippen LogP contribution in [0.3, 0.4) is 0 Å². The van der Waals surface area contributed by atoms with Crippen LogP contribution in [0, 0.1) is 0 Å². The van der Waals surface area contributed by atoms with Crippen LogP contribution in [-0.4, -0.2) is 23.2 Å². The number of hydrogen-bond donors (Lipinski definition) is 0. The van der Waals surface area contributed by atoms with Gasteiger partial charge >= 0.3 is 0 Å². The molecule has 1 aliphatic heterocycles. The summed E-state index contributed by atoms with van der Waals surface area (Å²) in [7, 11) is 1.55. The number of thioether (sulfide) groups is 1. The number of halogens is 3. The molecule has 1 fully saturated rings. The minimum absolute atomic E-state index is 0.214. The zero-order chi connectivity index (χ0) is 24.2. The number of carbonyl (C=O) groups is 2. The summed E-state index contributed by atoms with van der Waals surface area (Å²) < 4.78 is 13.0. The summed E-state index contributed by atoms with van der Waals surface area (Å²) in [6.45, 7) is 0.548. The maximum Gasteiger partial charge on any atom is 0.293 e. The van der Waals surface area contributed by atoms with Crippen LogP contribution >= 0.6 is 55.2 Å². The molecule has 1 heterocycles. The standard InChI is InChI=1S/C25H18Br2ClNO4S/c1-32-21-11-17(10-20(27)23(21)33-14-15-5-7-19(28)8-6-15)12-22-24(30)29(25(31)34-22)13-16-3-2-4-18(26)9-16/h2-12H,13-14H2,1H3/b22-12+. The van der Waals surface area contributed by atoms with E-state index in [1.165, 1.54) is 4.90 Å². The normalized spacial score (nSPS) is 14.7. The molecule has 1 saturated heterocycles. The van der Waals surface area contributed by atoms with Gasteiger partial charge in [-0.3, -0.25) is 14.5 Å². The van der Waals surface area contributed by atoms with Crippen molar-refractivity contribution in [1.29, 1.82) is 0 Å². The molecule has 0 spiro atoms. The van der Waals surface area contributed by atoms with Gasteiger partial charge in [0, 0.05) is 9.50 Å². The van der Waals surface area contributed by atoms with E-state index in [-0.39, 0.29) is 17.7 Å². The lowest BCUT2D eigenvalue weighted by Gasteiger charge is -2.14. The van der Waals surface area contributed by atoms with E-state index in [9.17, 15) is 9.59 Å². The van der Waals surface area contributed by atoms with Gasteiger partial charge in [0.2, 0.25) is 0 Å². The Morgan fingerprint density at radius 2 is 1.79 bits per heavy atom. The van der Waals surface area contributed by atoms with Crippen molar-refractivity contribution in [1.82, 2.24) is 4.90 Å². The summed E-state index contributed by atoms with van der Waals surface area (Å²) in [4.78, 5) is 27.0. The van der Waals surface area contributed by atoms with E-state index in [4.69, 9.17) is 21.1 Å². The second-order valence-corrected chi connectivity index (χ2v) is 10.5. The molecule has 0 bridgehead atoms. The van der Waals surface area contributed by atoms with E-state index in [1.807, 2.05) is 42.5 Å². The third-order valence-corrected chi connectivity index (χ3v) is 7.19. The van der Waals surface area contributed by atoms with Crippen LogP contribution in [0.5, 0.6) is 11.5 Å². The highest BCUT2D eigenvalue weighted by molar-refractivity contribution is 9.10. The van der Waals surface area contributed by atoms with E-state index in [1.54, 1.807) is 31.4 Å². The molecule has 5 nitrogen and oxygen atoms in total. The van der Waals surface area contributed by atoms with Crippen LogP contribution in [0.2, 0.25) is 5.02 Å². The van der Waals surface area contributed by atoms with Crippen LogP contribution in [0.15, 0.2) is 74.5 Å². The topological polar surface area (TPSA) is 55.8 Å². The monoisotopic (exact) mass is 621 g/mol. The maximum absolute atomic E-state index is 12.9. The Labute approximate surface area is 223 Å². The van der Waals surface area contributed by atoms with Crippen LogP contribution in [-0.2, 0) is 17.9 Å². The molecular formula is C25H18Br2ClNO4S. The first kappa shape index (κ1) is 24.9. The maximum atomic E-state index is 12.9. The molecule has 0 saturated carbocycles. The fraction of sp³-hybridized carbons (Fsp3) is 0.120. The summed E-state index contributed by atoms with van der Waals surface area (Å²) in [5.74, 6) is 0.716. The number of nitrogens with zero attached hydrogens (tertiary/aromatic N) is 1. The van der Waals surface area contributed by atoms with E-state index in [0.29, 0.717) is 38.1 Å². The minimum atomic E-state index is -0.326. The average Bonchev–Trinajstić information content (AvgIpc) is 3.06. The number of methoxy groups -OCH3 is 1. The Balaban J connectivity index is 1.53. The number of hydrogen-bond acceptors (Lipinski definition) is 5. The molecule has 0 N–H and O–H groups in total. The Morgan fingerprint density at radius 3 is 2.50 bits per heavy atom. The van der Waals surface area contributed by atoms with Gasteiger partial charge < -0.3 is 9.47 Å². The van der Waals surface area contributed by atoms with Crippen molar-refractivity contribution in [2.45, 2.75) is 13.2 Å². The summed E-state index contributed by atoms with van der Waals surface area (Å²) in [5.41, 5.74) is 2.53. The van der Waals surface area contributed by atoms with Crippen molar-refractivity contribution in [2.24, 2.45) is 0 Å². The zero-order valence-corrected chi connectivity index (χ0v) is 22.6. The molecule has 3 aromatic rings. The molecule has 3 aromatic carbocycles. The largest absolute Gasteiger partial charge is 0.493 e. The number of imide groups is 1. The first-order valence-corrected chi connectivity index (χ1v) is 12.9. The van der Waals surface area contributed by atoms with E-state index in [0.717, 1.165) is 27.4 Å². The van der Waals surface area contributed by atoms with E-state index < -0.39 is 0 Å². The second kappa shape index (κ2) is 11.0. The van der Waals surface area contributed by atoms with Crippen molar-refractivity contribution in [3.63, 3.8) is 0 Å². The van der Waals surface area contributed by atoms with E-state index in [2.05, 4.69) is 31.9 Å². The molecule has 0 atom stereocenters. The highest BCUT2D eigenvalue weighted by atomic mass is 79.9. The first-order valence-electron chi connectivity index (χ1n) is 10.1. The van der Waals surface area contributed by atoms with Crippen LogP contribution in [0.25, 0.3) is 6.08 Å². The van der Waals surface area contributed by atoms with Crippen molar-refractivity contribution < 1.29 is 19.1 Å². The van der Waals surface area contributed by atoms with Gasteiger partial charge in [-0.1, -0.05) is 51.8 Å². The van der Waals surface area contributed by atoms with Crippen LogP contribution < -0.4 is 9.47 Å². The summed E-state index contributed by atoms with van der Waals surface area (Å²) >= 11 is 13.8. The molecule has 0 unspecified atom stereocenters. The smallest absolute Gasteiger partial charge is 0.293 e. The Morgan fingerprint density at radius 1 is 1.03 bits per heavy atom. The third kappa shape index (κ3) is 5.86. The quantitative estimate of drug-likeness (QED) is 0.253. The Bertz CT molecular complexity index is 1280. The molecule has 9 heteroatoms. The molecule has 2 amide bonds. The SMILES string of the molecule is COc1cc(/C=C2/SC(=O)N(Cc3cccc(Br)c3)C2=O)cc(Br)c1OCc1ccc(Cl)cc1. The summed E-state index contributed by atoms with van der Waals surface area (Å²) in [6, 6.07) is 18.5. The van der Waals surface area contributed by atoms with Gasteiger partial charge in [-0.25, -0.2) is 0 Å². The number of ether oxygens (including phenoxy) is 2. The van der Waals surface area contributed by atoms with Gasteiger partial charge in [0.15, 0.2) is 11.5 Å². The second-order valence-electron chi connectivity index (χ2n) is 7.35. The van der Waals surface area contributed by atoms with Crippen molar-refractivity contribution in [3.8, 4) is 11.5 Å². The molecule has 0 aromatic heterocycles. The Kier molecular flexibility index (Phi) is 8.03. The number of carbonyl (C=O) groups excluding carboxylic acids is 2. The number of benzene rings is 3. The highest BCUT2D eigenvalue weighted by Gasteiger charge is 2.35. The number of amides is 2. The summed E-state index contributed by atoms with van der Waals surface area (Å²) in [5, 5.41) is 0.359. The molecule has 0 radical (unpaired) electrons. The summed E-state index contributed by atoms with van der Waals surface area (Å²) in [6.07, 6.45) is 1.68. The first-order chi connectivity index (χ1) is 16.3. The van der Waals surface area contributed by atoms with Gasteiger partial charge in [0.05, 0.1) is 23.0 Å². The number of rotatable bonds is 7. The Hall–Kier alpha value is -2.26. The van der Waals surface area contributed by atoms with Crippen molar-refractivity contribution >= 4 is 72.4 Å². The van der Waals surface area contributed by atoms with Gasteiger partial charge in [0.1, 0.15) is 6.61 Å². The molecule has 1 aliphatic rings. The van der Waals surface area contributed by atoms with Crippen molar-refractivity contribution in [3.05, 3.63) is 96.2 Å². The van der Waals surface area contributed by atoms with Gasteiger partial charge in [0.25, 0.3) is 11.1 Å². The minimum Gasteiger partial charge on any atom is -0.493 e. The predicted octanol–water partition coefficient (Wildman–Crippen LogP) is 7.69. The zero-order valence-electron chi connectivity index (χ0n) is 17.9. The molecule has 0 aliphatic carbocycles. The molecule has 174 valence electrons. The van der Waals surface area contributed by atoms with Crippen LogP contribution in [0.4, 0.5) is 4.79 Å². The highest BCUT2D eigenvalue weighted by Crippen LogP contribution is 2.39. The van der Waals surface area contributed by atoms with Gasteiger partial charge in [-0.15, -0.1) is 0 Å². The van der Waals surface area contributed by atoms with Gasteiger partial charge in [-0.2, -0.15) is 0 Å². The van der Waals surface area contributed by atoms with Crippen molar-refractivity contribution in [2.75, 3.05) is 7.11 Å². The lowest BCUT2D eigenvalue weighted by molar-refractivity contribution is -0.123. The third-order valence-electron chi connectivity index (χ3n) is 4.95. The molecule has 34 heavy (non-hydrogen) atoms. The van der Waals surface area contributed by atoms with Crippen LogP contribution in [0.1, 0.15) is 16.7 Å².